The summed E-state index contributed by atoms with van der Waals surface area (Å²) in [6.07, 6.45) is -2.29. The molecular formula is C53H42ClN5O7S2. The first-order valence-electron chi connectivity index (χ1n) is 21.5. The van der Waals surface area contributed by atoms with E-state index in [0.29, 0.717) is 16.3 Å². The van der Waals surface area contributed by atoms with Crippen LogP contribution in [-0.4, -0.2) is 67.5 Å². The highest BCUT2D eigenvalue weighted by Gasteiger charge is 2.54. The van der Waals surface area contributed by atoms with Crippen LogP contribution in [0, 0.1) is 0 Å². The number of carboxylic acids is 1. The zero-order chi connectivity index (χ0) is 47.0. The normalized spacial score (nSPS) is 16.3. The van der Waals surface area contributed by atoms with Crippen LogP contribution in [0.5, 0.6) is 0 Å². The molecule has 1 fully saturated rings. The number of benzene rings is 6. The van der Waals surface area contributed by atoms with Crippen LogP contribution in [0.1, 0.15) is 51.3 Å². The van der Waals surface area contributed by atoms with Crippen molar-refractivity contribution in [2.45, 2.75) is 29.2 Å². The van der Waals surface area contributed by atoms with Gasteiger partial charge in [-0.3, -0.25) is 14.5 Å². The summed E-state index contributed by atoms with van der Waals surface area (Å²) in [7, 11) is 0. The highest BCUT2D eigenvalue weighted by molar-refractivity contribution is 8.00. The molecule has 2 amide bonds. The molecule has 6 aromatic carbocycles. The second-order valence-electron chi connectivity index (χ2n) is 15.7. The SMILES string of the molecule is O=C(O)C1=C(CCl)CS[C@H]2C(NC(=O)C(=NOC(C(=O)OC(c3ccccc3)c3ccccc3)c3ccccc3)c3csc(NC(c4ccccc4)(c4ccccc4)c4ccccc4)n3)C(=O)N12. The number of fused-ring (bicyclic) bond motifs is 1. The van der Waals surface area contributed by atoms with Gasteiger partial charge in [0.15, 0.2) is 16.9 Å². The molecule has 0 bridgehead atoms. The van der Waals surface area contributed by atoms with Crippen molar-refractivity contribution in [3.05, 3.63) is 238 Å². The van der Waals surface area contributed by atoms with Crippen molar-refractivity contribution in [2.24, 2.45) is 5.16 Å². The van der Waals surface area contributed by atoms with E-state index in [0.717, 1.165) is 32.7 Å². The minimum atomic E-state index is -1.47. The number of aromatic nitrogens is 1. The van der Waals surface area contributed by atoms with Gasteiger partial charge in [-0.05, 0) is 33.4 Å². The molecule has 2 aliphatic heterocycles. The van der Waals surface area contributed by atoms with E-state index >= 15 is 0 Å². The number of aliphatic carboxylic acids is 1. The summed E-state index contributed by atoms with van der Waals surface area (Å²) < 4.78 is 6.26. The van der Waals surface area contributed by atoms with E-state index in [9.17, 15) is 24.3 Å². The van der Waals surface area contributed by atoms with Crippen molar-refractivity contribution in [1.29, 1.82) is 0 Å². The van der Waals surface area contributed by atoms with E-state index in [1.54, 1.807) is 35.7 Å². The van der Waals surface area contributed by atoms with Gasteiger partial charge in [0.1, 0.15) is 28.3 Å². The number of esters is 1. The molecule has 2 unspecified atom stereocenters. The summed E-state index contributed by atoms with van der Waals surface area (Å²) in [6.45, 7) is 0. The molecule has 2 aliphatic rings. The molecule has 0 radical (unpaired) electrons. The number of amides is 2. The lowest BCUT2D eigenvalue weighted by molar-refractivity contribution is -0.162. The summed E-state index contributed by atoms with van der Waals surface area (Å²) in [4.78, 5) is 67.5. The fourth-order valence-corrected chi connectivity index (χ4v) is 10.7. The molecule has 0 saturated carbocycles. The molecule has 7 aromatic rings. The number of hydrogen-bond acceptors (Lipinski definition) is 11. The van der Waals surface area contributed by atoms with Crippen molar-refractivity contribution in [3.8, 4) is 0 Å². The Kier molecular flexibility index (Phi) is 13.8. The third kappa shape index (κ3) is 9.26. The number of thiazole rings is 1. The first kappa shape index (κ1) is 45.6. The fraction of sp³-hybridized carbons (Fsp3) is 0.132. The summed E-state index contributed by atoms with van der Waals surface area (Å²) in [5.41, 5.74) is 3.55. The maximum atomic E-state index is 14.7. The Hall–Kier alpha value is -7.52. The van der Waals surface area contributed by atoms with Crippen LogP contribution in [0.4, 0.5) is 5.13 Å². The van der Waals surface area contributed by atoms with Crippen molar-refractivity contribution in [2.75, 3.05) is 16.9 Å². The summed E-state index contributed by atoms with van der Waals surface area (Å²) in [6, 6.07) is 55.9. The zero-order valence-corrected chi connectivity index (χ0v) is 38.4. The zero-order valence-electron chi connectivity index (χ0n) is 36.1. The average molecular weight is 961 g/mol. The first-order valence-corrected chi connectivity index (χ1v) is 24.0. The second-order valence-corrected chi connectivity index (χ2v) is 18.0. The van der Waals surface area contributed by atoms with Gasteiger partial charge in [0.05, 0.1) is 0 Å². The molecular weight excluding hydrogens is 918 g/mol. The lowest BCUT2D eigenvalue weighted by Crippen LogP contribution is -2.71. The third-order valence-electron chi connectivity index (χ3n) is 11.6. The van der Waals surface area contributed by atoms with E-state index in [2.05, 4.69) is 15.8 Å². The topological polar surface area (TPSA) is 160 Å². The number of halogens is 1. The van der Waals surface area contributed by atoms with E-state index in [-0.39, 0.29) is 28.7 Å². The van der Waals surface area contributed by atoms with Crippen molar-refractivity contribution in [3.63, 3.8) is 0 Å². The number of thioether (sulfide) groups is 1. The van der Waals surface area contributed by atoms with Gasteiger partial charge in [-0.15, -0.1) is 34.7 Å². The number of oxime groups is 1. The van der Waals surface area contributed by atoms with Crippen LogP contribution in [0.25, 0.3) is 0 Å². The first-order chi connectivity index (χ1) is 33.3. The number of hydrogen-bond donors (Lipinski definition) is 3. The Bertz CT molecular complexity index is 2830. The molecule has 3 N–H and O–H groups in total. The molecule has 68 heavy (non-hydrogen) atoms. The number of nitrogens with zero attached hydrogens (tertiary/aromatic N) is 3. The van der Waals surface area contributed by atoms with Crippen molar-refractivity contribution in [1.82, 2.24) is 15.2 Å². The van der Waals surface area contributed by atoms with Gasteiger partial charge in [-0.25, -0.2) is 14.6 Å². The fourth-order valence-electron chi connectivity index (χ4n) is 8.32. The number of β-lactam (4-membered cyclic amide) rings is 1. The highest BCUT2D eigenvalue weighted by Crippen LogP contribution is 2.42. The molecule has 3 atom stereocenters. The van der Waals surface area contributed by atoms with Crippen LogP contribution >= 0.6 is 34.7 Å². The molecule has 3 heterocycles. The molecule has 12 nitrogen and oxygen atoms in total. The number of carbonyl (C=O) groups is 4. The summed E-state index contributed by atoms with van der Waals surface area (Å²) in [5, 5.41) is 22.2. The Morgan fingerprint density at radius 2 is 1.24 bits per heavy atom. The van der Waals surface area contributed by atoms with Crippen LogP contribution in [0.3, 0.4) is 0 Å². The molecule has 15 heteroatoms. The smallest absolute Gasteiger partial charge is 0.355 e. The number of rotatable bonds is 17. The highest BCUT2D eigenvalue weighted by atomic mass is 35.5. The van der Waals surface area contributed by atoms with Gasteiger partial charge < -0.3 is 25.3 Å². The predicted molar refractivity (Wildman–Crippen MR) is 263 cm³/mol. The van der Waals surface area contributed by atoms with Gasteiger partial charge in [-0.2, -0.15) is 0 Å². The van der Waals surface area contributed by atoms with Gasteiger partial charge in [0, 0.05) is 22.6 Å². The van der Waals surface area contributed by atoms with Crippen LogP contribution < -0.4 is 10.6 Å². The number of carbonyl (C=O) groups excluding carboxylic acids is 3. The Labute approximate surface area is 405 Å². The maximum Gasteiger partial charge on any atom is 0.355 e. The molecule has 0 spiro atoms. The van der Waals surface area contributed by atoms with Gasteiger partial charge >= 0.3 is 11.9 Å². The Morgan fingerprint density at radius 3 is 1.72 bits per heavy atom. The largest absolute Gasteiger partial charge is 0.477 e. The average Bonchev–Trinajstić information content (AvgIpc) is 3.86. The lowest BCUT2D eigenvalue weighted by atomic mass is 9.77. The summed E-state index contributed by atoms with van der Waals surface area (Å²) in [5.74, 6) is -3.39. The quantitative estimate of drug-likeness (QED) is 0.0201. The number of carboxylic acid groups (broad SMARTS) is 1. The maximum absolute atomic E-state index is 14.7. The molecule has 0 aliphatic carbocycles. The van der Waals surface area contributed by atoms with Crippen LogP contribution in [-0.2, 0) is 34.3 Å². The number of nitrogens with one attached hydrogen (secondary N) is 2. The Balaban J connectivity index is 1.10. The minimum Gasteiger partial charge on any atom is -0.477 e. The lowest BCUT2D eigenvalue weighted by Gasteiger charge is -2.49. The second kappa shape index (κ2) is 20.6. The number of ether oxygens (including phenoxy) is 1. The van der Waals surface area contributed by atoms with Gasteiger partial charge in [0.25, 0.3) is 11.8 Å². The van der Waals surface area contributed by atoms with Crippen LogP contribution in [0.15, 0.2) is 204 Å². The Morgan fingerprint density at radius 1 is 0.750 bits per heavy atom. The summed E-state index contributed by atoms with van der Waals surface area (Å²) >= 11 is 8.58. The standard InChI is InChI=1S/C53H42ClN5O7S2/c54-31-37-32-67-49-43(48(61)59(49)44(37)50(62)63)56-47(60)42(58-66-46(36-23-11-3-12-24-36)51(64)65-45(34-19-7-1-8-20-34)35-21-9-2-10-22-35)41-33-68-52(55-41)57-53(38-25-13-4-14-26-38,39-27-15-5-16-28-39)40-29-17-6-18-30-40/h1-30,33,43,45-46,49H,31-32H2,(H,55,57)(H,56,60)(H,62,63)/t43?,46?,49-/m0/s1. The monoisotopic (exact) mass is 959 g/mol. The number of anilines is 1. The minimum absolute atomic E-state index is 0.0696. The van der Waals surface area contributed by atoms with E-state index in [1.807, 2.05) is 152 Å². The van der Waals surface area contributed by atoms with Crippen molar-refractivity contribution >= 4 is 69.3 Å². The van der Waals surface area contributed by atoms with E-state index in [1.165, 1.54) is 23.1 Å². The predicted octanol–water partition coefficient (Wildman–Crippen LogP) is 9.32. The van der Waals surface area contributed by atoms with Crippen molar-refractivity contribution < 1.29 is 33.9 Å². The number of alkyl halides is 1. The van der Waals surface area contributed by atoms with Gasteiger partial charge in [0.2, 0.25) is 6.10 Å². The third-order valence-corrected chi connectivity index (χ3v) is 14.0. The van der Waals surface area contributed by atoms with Crippen LogP contribution in [0.2, 0.25) is 0 Å². The molecule has 1 saturated heterocycles. The molecule has 1 aromatic heterocycles. The van der Waals surface area contributed by atoms with E-state index < -0.39 is 52.9 Å². The van der Waals surface area contributed by atoms with E-state index in [4.69, 9.17) is 26.2 Å². The molecule has 9 rings (SSSR count). The molecule has 340 valence electrons. The van der Waals surface area contributed by atoms with Gasteiger partial charge in [-0.1, -0.05) is 187 Å².